The van der Waals surface area contributed by atoms with E-state index in [1.165, 1.54) is 6.20 Å². The summed E-state index contributed by atoms with van der Waals surface area (Å²) in [7, 11) is 0. The molecule has 0 aliphatic rings. The molecule has 0 amide bonds. The van der Waals surface area contributed by atoms with Gasteiger partial charge in [0.15, 0.2) is 0 Å². The lowest BCUT2D eigenvalue weighted by Crippen LogP contribution is -1.96. The molecule has 94 valence electrons. The van der Waals surface area contributed by atoms with Crippen LogP contribution in [0.5, 0.6) is 0 Å². The van der Waals surface area contributed by atoms with Crippen molar-refractivity contribution < 1.29 is 9.90 Å². The molecule has 0 fully saturated rings. The summed E-state index contributed by atoms with van der Waals surface area (Å²) in [5.41, 5.74) is 1.17. The van der Waals surface area contributed by atoms with Crippen molar-refractivity contribution in [3.8, 4) is 11.3 Å². The molecular formula is C12H10Cl2N2O2. The smallest absolute Gasteiger partial charge is 0.339 e. The van der Waals surface area contributed by atoms with Crippen LogP contribution in [0.4, 0.5) is 0 Å². The predicted molar refractivity (Wildman–Crippen MR) is 70.3 cm³/mol. The highest BCUT2D eigenvalue weighted by atomic mass is 35.5. The molecule has 1 aromatic heterocycles. The van der Waals surface area contributed by atoms with Crippen molar-refractivity contribution >= 4 is 29.2 Å². The summed E-state index contributed by atoms with van der Waals surface area (Å²) in [6.45, 7) is 2.48. The second-order valence-corrected chi connectivity index (χ2v) is 4.50. The summed E-state index contributed by atoms with van der Waals surface area (Å²) in [5.74, 6) is -1.02. The molecule has 2 aromatic rings. The van der Waals surface area contributed by atoms with Crippen LogP contribution in [-0.4, -0.2) is 20.9 Å². The van der Waals surface area contributed by atoms with Crippen molar-refractivity contribution in [2.75, 3.05) is 0 Å². The zero-order valence-electron chi connectivity index (χ0n) is 9.52. The fourth-order valence-electron chi connectivity index (χ4n) is 1.60. The Morgan fingerprint density at radius 1 is 1.39 bits per heavy atom. The zero-order chi connectivity index (χ0) is 13.3. The number of aromatic carboxylic acids is 1. The van der Waals surface area contributed by atoms with Crippen molar-refractivity contribution in [2.45, 2.75) is 13.5 Å². The molecule has 0 bridgehead atoms. The molecule has 0 saturated heterocycles. The SMILES string of the molecule is CCn1cc(C(=O)O)c(-c2ccc(Cl)c(Cl)c2)n1. The highest BCUT2D eigenvalue weighted by Gasteiger charge is 2.17. The molecule has 0 aliphatic carbocycles. The topological polar surface area (TPSA) is 55.1 Å². The lowest BCUT2D eigenvalue weighted by molar-refractivity contribution is 0.0697. The highest BCUT2D eigenvalue weighted by Crippen LogP contribution is 2.29. The van der Waals surface area contributed by atoms with Gasteiger partial charge in [-0.1, -0.05) is 29.3 Å². The third-order valence-corrected chi connectivity index (χ3v) is 3.25. The lowest BCUT2D eigenvalue weighted by atomic mass is 10.1. The number of aromatic nitrogens is 2. The largest absolute Gasteiger partial charge is 0.478 e. The van der Waals surface area contributed by atoms with E-state index in [9.17, 15) is 4.79 Å². The predicted octanol–water partition coefficient (Wildman–Crippen LogP) is 3.58. The molecule has 6 heteroatoms. The van der Waals surface area contributed by atoms with E-state index in [4.69, 9.17) is 28.3 Å². The standard InChI is InChI=1S/C12H10Cl2N2O2/c1-2-16-6-8(12(17)18)11(15-16)7-3-4-9(13)10(14)5-7/h3-6H,2H2,1H3,(H,17,18). The number of aryl methyl sites for hydroxylation is 1. The maximum Gasteiger partial charge on any atom is 0.339 e. The summed E-state index contributed by atoms with van der Waals surface area (Å²) in [5, 5.41) is 14.2. The van der Waals surface area contributed by atoms with Gasteiger partial charge in [0.2, 0.25) is 0 Å². The Bertz CT molecular complexity index is 608. The van der Waals surface area contributed by atoms with Gasteiger partial charge in [0.05, 0.1) is 10.0 Å². The van der Waals surface area contributed by atoms with E-state index in [0.29, 0.717) is 27.8 Å². The molecule has 18 heavy (non-hydrogen) atoms. The normalized spacial score (nSPS) is 10.6. The number of benzene rings is 1. The molecule has 0 aliphatic heterocycles. The van der Waals surface area contributed by atoms with Crippen molar-refractivity contribution in [3.63, 3.8) is 0 Å². The molecule has 0 atom stereocenters. The molecule has 0 spiro atoms. The Kier molecular flexibility index (Phi) is 3.59. The van der Waals surface area contributed by atoms with E-state index in [1.54, 1.807) is 22.9 Å². The van der Waals surface area contributed by atoms with E-state index in [2.05, 4.69) is 5.10 Å². The minimum Gasteiger partial charge on any atom is -0.478 e. The summed E-state index contributed by atoms with van der Waals surface area (Å²) >= 11 is 11.8. The first-order chi connectivity index (χ1) is 8.52. The lowest BCUT2D eigenvalue weighted by Gasteiger charge is -2.01. The summed E-state index contributed by atoms with van der Waals surface area (Å²) in [6, 6.07) is 4.93. The molecule has 4 nitrogen and oxygen atoms in total. The van der Waals surface area contributed by atoms with Crippen LogP contribution in [0.3, 0.4) is 0 Å². The molecule has 0 unspecified atom stereocenters. The first-order valence-corrected chi connectivity index (χ1v) is 6.04. The first-order valence-electron chi connectivity index (χ1n) is 5.29. The van der Waals surface area contributed by atoms with Gasteiger partial charge in [-0.15, -0.1) is 0 Å². The van der Waals surface area contributed by atoms with Crippen molar-refractivity contribution in [3.05, 3.63) is 40.0 Å². The van der Waals surface area contributed by atoms with Gasteiger partial charge >= 0.3 is 5.97 Å². The van der Waals surface area contributed by atoms with Crippen LogP contribution in [0, 0.1) is 0 Å². The van der Waals surface area contributed by atoms with Crippen LogP contribution in [0.15, 0.2) is 24.4 Å². The molecule has 1 N–H and O–H groups in total. The first kappa shape index (κ1) is 12.9. The molecule has 1 aromatic carbocycles. The maximum absolute atomic E-state index is 11.2. The number of carboxylic acid groups (broad SMARTS) is 1. The van der Waals surface area contributed by atoms with Gasteiger partial charge < -0.3 is 5.11 Å². The Morgan fingerprint density at radius 2 is 2.11 bits per heavy atom. The Balaban J connectivity index is 2.58. The van der Waals surface area contributed by atoms with E-state index in [-0.39, 0.29) is 5.56 Å². The van der Waals surface area contributed by atoms with Gasteiger partial charge in [0.25, 0.3) is 0 Å². The fraction of sp³-hybridized carbons (Fsp3) is 0.167. The molecule has 0 radical (unpaired) electrons. The number of halogens is 2. The number of nitrogens with zero attached hydrogens (tertiary/aromatic N) is 2. The van der Waals surface area contributed by atoms with E-state index < -0.39 is 5.97 Å². The van der Waals surface area contributed by atoms with Crippen LogP contribution < -0.4 is 0 Å². The van der Waals surface area contributed by atoms with Crippen LogP contribution in [0.25, 0.3) is 11.3 Å². The molecule has 0 saturated carbocycles. The summed E-state index contributed by atoms with van der Waals surface area (Å²) in [4.78, 5) is 11.2. The van der Waals surface area contributed by atoms with Gasteiger partial charge in [-0.3, -0.25) is 4.68 Å². The van der Waals surface area contributed by atoms with Gasteiger partial charge in [0, 0.05) is 18.3 Å². The quantitative estimate of drug-likeness (QED) is 0.937. The van der Waals surface area contributed by atoms with Gasteiger partial charge in [0.1, 0.15) is 11.3 Å². The second kappa shape index (κ2) is 5.00. The second-order valence-electron chi connectivity index (χ2n) is 3.68. The van der Waals surface area contributed by atoms with Crippen LogP contribution in [0.1, 0.15) is 17.3 Å². The average molecular weight is 285 g/mol. The number of carboxylic acids is 1. The van der Waals surface area contributed by atoms with Gasteiger partial charge in [-0.05, 0) is 19.1 Å². The van der Waals surface area contributed by atoms with Crippen molar-refractivity contribution in [2.24, 2.45) is 0 Å². The van der Waals surface area contributed by atoms with Crippen LogP contribution in [-0.2, 0) is 6.54 Å². The number of hydrogen-bond acceptors (Lipinski definition) is 2. The summed E-state index contributed by atoms with van der Waals surface area (Å²) < 4.78 is 1.57. The van der Waals surface area contributed by atoms with Crippen LogP contribution in [0.2, 0.25) is 10.0 Å². The number of carbonyl (C=O) groups is 1. The molecule has 1 heterocycles. The van der Waals surface area contributed by atoms with E-state index >= 15 is 0 Å². The molecular weight excluding hydrogens is 275 g/mol. The minimum absolute atomic E-state index is 0.148. The van der Waals surface area contributed by atoms with E-state index in [1.807, 2.05) is 6.92 Å². The fourth-order valence-corrected chi connectivity index (χ4v) is 1.89. The van der Waals surface area contributed by atoms with Crippen molar-refractivity contribution in [1.82, 2.24) is 9.78 Å². The zero-order valence-corrected chi connectivity index (χ0v) is 11.0. The third kappa shape index (κ3) is 2.35. The Morgan fingerprint density at radius 3 is 2.67 bits per heavy atom. The van der Waals surface area contributed by atoms with Gasteiger partial charge in [-0.2, -0.15) is 5.10 Å². The average Bonchev–Trinajstić information content (AvgIpc) is 2.77. The number of hydrogen-bond donors (Lipinski definition) is 1. The van der Waals surface area contributed by atoms with E-state index in [0.717, 1.165) is 0 Å². The molecule has 2 rings (SSSR count). The monoisotopic (exact) mass is 284 g/mol. The highest BCUT2D eigenvalue weighted by molar-refractivity contribution is 6.42. The Labute approximate surface area is 114 Å². The number of rotatable bonds is 3. The maximum atomic E-state index is 11.2. The van der Waals surface area contributed by atoms with Crippen LogP contribution >= 0.6 is 23.2 Å². The van der Waals surface area contributed by atoms with Crippen molar-refractivity contribution in [1.29, 1.82) is 0 Å². The third-order valence-electron chi connectivity index (χ3n) is 2.51. The minimum atomic E-state index is -1.02. The Hall–Kier alpha value is -1.52. The summed E-state index contributed by atoms with van der Waals surface area (Å²) in [6.07, 6.45) is 1.50. The van der Waals surface area contributed by atoms with Gasteiger partial charge in [-0.25, -0.2) is 4.79 Å².